The third-order valence-corrected chi connectivity index (χ3v) is 2.21. The molecule has 2 aromatic rings. The smallest absolute Gasteiger partial charge is 0.106 e. The summed E-state index contributed by atoms with van der Waals surface area (Å²) in [7, 11) is 1.55. The average molecular weight is 188 g/mol. The summed E-state index contributed by atoms with van der Waals surface area (Å²) in [6, 6.07) is 8.12. The highest BCUT2D eigenvalue weighted by molar-refractivity contribution is 6.09. The van der Waals surface area contributed by atoms with Gasteiger partial charge in [0.1, 0.15) is 7.11 Å². The zero-order valence-corrected chi connectivity index (χ0v) is 8.24. The van der Waals surface area contributed by atoms with Crippen LogP contribution in [0.15, 0.2) is 35.6 Å². The number of nitrogens with one attached hydrogen (secondary N) is 1. The molecule has 14 heavy (non-hydrogen) atoms. The Morgan fingerprint density at radius 3 is 2.93 bits per heavy atom. The Kier molecular flexibility index (Phi) is 2.23. The summed E-state index contributed by atoms with van der Waals surface area (Å²) in [6.45, 7) is 1.93. The van der Waals surface area contributed by atoms with Crippen molar-refractivity contribution in [3.8, 4) is 0 Å². The fraction of sp³-hybridized carbons (Fsp3) is 0.182. The maximum absolute atomic E-state index is 4.75. The van der Waals surface area contributed by atoms with Crippen molar-refractivity contribution in [1.82, 2.24) is 4.98 Å². The topological polar surface area (TPSA) is 37.4 Å². The molecule has 0 aliphatic carbocycles. The molecule has 0 saturated heterocycles. The van der Waals surface area contributed by atoms with Crippen LogP contribution in [0.4, 0.5) is 0 Å². The Labute approximate surface area is 82.4 Å². The predicted molar refractivity (Wildman–Crippen MR) is 57.5 cm³/mol. The number of aromatic nitrogens is 1. The lowest BCUT2D eigenvalue weighted by atomic mass is 10.1. The van der Waals surface area contributed by atoms with Crippen LogP contribution in [0.5, 0.6) is 0 Å². The number of aromatic amines is 1. The van der Waals surface area contributed by atoms with Crippen molar-refractivity contribution in [2.24, 2.45) is 5.16 Å². The van der Waals surface area contributed by atoms with E-state index >= 15 is 0 Å². The van der Waals surface area contributed by atoms with Gasteiger partial charge in [0, 0.05) is 22.7 Å². The molecule has 0 aliphatic rings. The van der Waals surface area contributed by atoms with Crippen LogP contribution in [-0.2, 0) is 4.84 Å². The van der Waals surface area contributed by atoms with Crippen molar-refractivity contribution >= 4 is 16.6 Å². The first-order valence-electron chi connectivity index (χ1n) is 4.47. The van der Waals surface area contributed by atoms with E-state index in [1.54, 1.807) is 7.11 Å². The largest absolute Gasteiger partial charge is 0.399 e. The standard InChI is InChI=1S/C11H12N2O/c1-8(13-14-2)10-7-12-11-6-4-3-5-9(10)11/h3-7,12H,1-2H3/b13-8-. The molecule has 0 spiro atoms. The number of benzene rings is 1. The molecule has 1 N–H and O–H groups in total. The normalized spacial score (nSPS) is 12.0. The highest BCUT2D eigenvalue weighted by atomic mass is 16.6. The number of hydrogen-bond acceptors (Lipinski definition) is 2. The Balaban J connectivity index is 2.58. The number of H-pyrrole nitrogens is 1. The summed E-state index contributed by atoms with van der Waals surface area (Å²) in [5.41, 5.74) is 3.08. The van der Waals surface area contributed by atoms with Crippen LogP contribution in [0, 0.1) is 0 Å². The molecule has 0 radical (unpaired) electrons. The summed E-state index contributed by atoms with van der Waals surface area (Å²) in [5, 5.41) is 5.09. The lowest BCUT2D eigenvalue weighted by Gasteiger charge is -1.96. The fourth-order valence-electron chi connectivity index (χ4n) is 1.56. The van der Waals surface area contributed by atoms with Gasteiger partial charge in [0.05, 0.1) is 5.71 Å². The van der Waals surface area contributed by atoms with Crippen LogP contribution >= 0.6 is 0 Å². The molecule has 0 fully saturated rings. The van der Waals surface area contributed by atoms with Gasteiger partial charge in [0.2, 0.25) is 0 Å². The number of fused-ring (bicyclic) bond motifs is 1. The molecule has 0 atom stereocenters. The van der Waals surface area contributed by atoms with Crippen LogP contribution in [0.2, 0.25) is 0 Å². The van der Waals surface area contributed by atoms with E-state index in [1.807, 2.05) is 31.3 Å². The van der Waals surface area contributed by atoms with Crippen molar-refractivity contribution in [1.29, 1.82) is 0 Å². The predicted octanol–water partition coefficient (Wildman–Crippen LogP) is 2.54. The van der Waals surface area contributed by atoms with Crippen LogP contribution in [0.1, 0.15) is 12.5 Å². The van der Waals surface area contributed by atoms with E-state index in [2.05, 4.69) is 16.2 Å². The average Bonchev–Trinajstić information content (AvgIpc) is 2.61. The zero-order valence-electron chi connectivity index (χ0n) is 8.24. The van der Waals surface area contributed by atoms with Crippen molar-refractivity contribution in [2.75, 3.05) is 7.11 Å². The van der Waals surface area contributed by atoms with E-state index in [-0.39, 0.29) is 0 Å². The second kappa shape index (κ2) is 3.54. The van der Waals surface area contributed by atoms with E-state index in [9.17, 15) is 0 Å². The van der Waals surface area contributed by atoms with Gasteiger partial charge in [-0.05, 0) is 13.0 Å². The first-order valence-corrected chi connectivity index (χ1v) is 4.47. The van der Waals surface area contributed by atoms with Gasteiger partial charge in [-0.2, -0.15) is 0 Å². The molecule has 3 nitrogen and oxygen atoms in total. The highest BCUT2D eigenvalue weighted by Gasteiger charge is 2.05. The van der Waals surface area contributed by atoms with Crippen LogP contribution in [0.3, 0.4) is 0 Å². The molecule has 0 saturated carbocycles. The molecule has 0 aliphatic heterocycles. The lowest BCUT2D eigenvalue weighted by Crippen LogP contribution is -1.93. The quantitative estimate of drug-likeness (QED) is 0.570. The number of hydrogen-bond donors (Lipinski definition) is 1. The van der Waals surface area contributed by atoms with Crippen molar-refractivity contribution in [3.05, 3.63) is 36.0 Å². The molecular formula is C11H12N2O. The lowest BCUT2D eigenvalue weighted by molar-refractivity contribution is 0.213. The summed E-state index contributed by atoms with van der Waals surface area (Å²) < 4.78 is 0. The second-order valence-electron chi connectivity index (χ2n) is 3.11. The molecule has 1 heterocycles. The maximum atomic E-state index is 4.75. The Hall–Kier alpha value is -1.77. The Morgan fingerprint density at radius 1 is 1.36 bits per heavy atom. The summed E-state index contributed by atoms with van der Waals surface area (Å²) in [6.07, 6.45) is 1.95. The van der Waals surface area contributed by atoms with Crippen LogP contribution in [0.25, 0.3) is 10.9 Å². The molecule has 0 amide bonds. The number of nitrogens with zero attached hydrogens (tertiary/aromatic N) is 1. The fourth-order valence-corrected chi connectivity index (χ4v) is 1.56. The van der Waals surface area contributed by atoms with Gasteiger partial charge < -0.3 is 9.82 Å². The Morgan fingerprint density at radius 2 is 2.14 bits per heavy atom. The monoisotopic (exact) mass is 188 g/mol. The van der Waals surface area contributed by atoms with Gasteiger partial charge >= 0.3 is 0 Å². The van der Waals surface area contributed by atoms with Gasteiger partial charge in [0.15, 0.2) is 0 Å². The van der Waals surface area contributed by atoms with Crippen molar-refractivity contribution in [2.45, 2.75) is 6.92 Å². The van der Waals surface area contributed by atoms with Gasteiger partial charge in [0.25, 0.3) is 0 Å². The third-order valence-electron chi connectivity index (χ3n) is 2.21. The second-order valence-corrected chi connectivity index (χ2v) is 3.11. The maximum Gasteiger partial charge on any atom is 0.106 e. The highest BCUT2D eigenvalue weighted by Crippen LogP contribution is 2.18. The van der Waals surface area contributed by atoms with E-state index < -0.39 is 0 Å². The first kappa shape index (κ1) is 8.81. The van der Waals surface area contributed by atoms with Crippen LogP contribution < -0.4 is 0 Å². The zero-order chi connectivity index (χ0) is 9.97. The van der Waals surface area contributed by atoms with E-state index in [1.165, 1.54) is 5.39 Å². The first-order chi connectivity index (χ1) is 6.83. The molecule has 72 valence electrons. The minimum Gasteiger partial charge on any atom is -0.399 e. The SMILES string of the molecule is CO/N=C(/C)c1c[nH]c2ccccc12. The minimum atomic E-state index is 0.880. The number of rotatable bonds is 2. The van der Waals surface area contributed by atoms with E-state index in [0.717, 1.165) is 16.8 Å². The molecule has 0 bridgehead atoms. The summed E-state index contributed by atoms with van der Waals surface area (Å²) >= 11 is 0. The number of para-hydroxylation sites is 1. The summed E-state index contributed by atoms with van der Waals surface area (Å²) in [5.74, 6) is 0. The van der Waals surface area contributed by atoms with E-state index in [0.29, 0.717) is 0 Å². The summed E-state index contributed by atoms with van der Waals surface area (Å²) in [4.78, 5) is 7.94. The number of oxime groups is 1. The Bertz CT molecular complexity index is 471. The minimum absolute atomic E-state index is 0.880. The molecular weight excluding hydrogens is 176 g/mol. The van der Waals surface area contributed by atoms with Gasteiger partial charge in [-0.15, -0.1) is 0 Å². The molecule has 1 aromatic heterocycles. The van der Waals surface area contributed by atoms with Gasteiger partial charge in [-0.25, -0.2) is 0 Å². The van der Waals surface area contributed by atoms with Crippen molar-refractivity contribution in [3.63, 3.8) is 0 Å². The molecule has 2 rings (SSSR count). The van der Waals surface area contributed by atoms with Crippen molar-refractivity contribution < 1.29 is 4.84 Å². The molecule has 1 aromatic carbocycles. The van der Waals surface area contributed by atoms with E-state index in [4.69, 9.17) is 4.84 Å². The molecule has 0 unspecified atom stereocenters. The molecule has 3 heteroatoms. The third kappa shape index (κ3) is 1.37. The van der Waals surface area contributed by atoms with Gasteiger partial charge in [-0.1, -0.05) is 23.4 Å². The van der Waals surface area contributed by atoms with Gasteiger partial charge in [-0.3, -0.25) is 0 Å². The van der Waals surface area contributed by atoms with Crippen LogP contribution in [-0.4, -0.2) is 17.8 Å².